The van der Waals surface area contributed by atoms with Gasteiger partial charge in [-0.3, -0.25) is 9.59 Å². The van der Waals surface area contributed by atoms with Gasteiger partial charge in [0, 0.05) is 22.2 Å². The van der Waals surface area contributed by atoms with Crippen LogP contribution in [-0.2, 0) is 14.3 Å². The number of carbonyl (C=O) groups is 2. The summed E-state index contributed by atoms with van der Waals surface area (Å²) in [7, 11) is 0. The number of ketones is 1. The number of hydrogen-bond acceptors (Lipinski definition) is 5. The molecule has 0 bridgehead atoms. The van der Waals surface area contributed by atoms with Gasteiger partial charge in [0.25, 0.3) is 11.7 Å². The number of ether oxygens (including phenoxy) is 1. The number of rotatable bonds is 7. The van der Waals surface area contributed by atoms with E-state index in [-0.39, 0.29) is 42.7 Å². The number of halogens is 2. The van der Waals surface area contributed by atoms with E-state index in [2.05, 4.69) is 0 Å². The Labute approximate surface area is 177 Å². The van der Waals surface area contributed by atoms with Crippen molar-refractivity contribution in [2.24, 2.45) is 0 Å². The van der Waals surface area contributed by atoms with E-state index >= 15 is 0 Å². The van der Waals surface area contributed by atoms with Crippen molar-refractivity contribution in [1.82, 2.24) is 4.90 Å². The van der Waals surface area contributed by atoms with Gasteiger partial charge in [0.2, 0.25) is 0 Å². The van der Waals surface area contributed by atoms with Crippen LogP contribution >= 0.6 is 23.2 Å². The minimum atomic E-state index is -0.891. The maximum absolute atomic E-state index is 12.8. The highest BCUT2D eigenvalue weighted by molar-refractivity contribution is 6.47. The number of aliphatic hydroxyl groups is 2. The van der Waals surface area contributed by atoms with Crippen molar-refractivity contribution in [2.75, 3.05) is 26.4 Å². The quantitative estimate of drug-likeness (QED) is 0.301. The Bertz CT molecular complexity index is 945. The smallest absolute Gasteiger partial charge is 0.295 e. The van der Waals surface area contributed by atoms with Crippen LogP contribution in [0.5, 0.6) is 0 Å². The first kappa shape index (κ1) is 21.3. The summed E-state index contributed by atoms with van der Waals surface area (Å²) in [5.74, 6) is -1.84. The average Bonchev–Trinajstić information content (AvgIpc) is 2.96. The zero-order valence-corrected chi connectivity index (χ0v) is 16.9. The summed E-state index contributed by atoms with van der Waals surface area (Å²) in [6.45, 7) is 0.153. The Morgan fingerprint density at radius 3 is 2.45 bits per heavy atom. The van der Waals surface area contributed by atoms with Crippen molar-refractivity contribution in [2.45, 2.75) is 6.04 Å². The number of aliphatic hydroxyl groups excluding tert-OH is 2. The first-order chi connectivity index (χ1) is 14.0. The van der Waals surface area contributed by atoms with Crippen LogP contribution in [-0.4, -0.2) is 53.2 Å². The summed E-state index contributed by atoms with van der Waals surface area (Å²) in [6.07, 6.45) is 0. The van der Waals surface area contributed by atoms with E-state index in [9.17, 15) is 14.7 Å². The second kappa shape index (κ2) is 9.41. The van der Waals surface area contributed by atoms with E-state index in [0.29, 0.717) is 16.1 Å². The molecule has 1 aliphatic heterocycles. The molecule has 8 heteroatoms. The largest absolute Gasteiger partial charge is 0.507 e. The fraction of sp³-hybridized carbons (Fsp3) is 0.238. The lowest BCUT2D eigenvalue weighted by atomic mass is 9.95. The Hall–Kier alpha value is -2.38. The van der Waals surface area contributed by atoms with Gasteiger partial charge in [-0.25, -0.2) is 0 Å². The van der Waals surface area contributed by atoms with Gasteiger partial charge in [-0.15, -0.1) is 0 Å². The molecule has 2 aromatic carbocycles. The summed E-state index contributed by atoms with van der Waals surface area (Å²) in [5, 5.41) is 20.4. The van der Waals surface area contributed by atoms with Crippen molar-refractivity contribution in [3.63, 3.8) is 0 Å². The lowest BCUT2D eigenvalue weighted by molar-refractivity contribution is -0.140. The van der Waals surface area contributed by atoms with Gasteiger partial charge in [0.15, 0.2) is 0 Å². The molecule has 0 spiro atoms. The molecule has 1 unspecified atom stereocenters. The highest BCUT2D eigenvalue weighted by Gasteiger charge is 2.46. The zero-order chi connectivity index (χ0) is 21.0. The molecule has 6 nitrogen and oxygen atoms in total. The summed E-state index contributed by atoms with van der Waals surface area (Å²) in [6, 6.07) is 12.4. The predicted octanol–water partition coefficient (Wildman–Crippen LogP) is 3.42. The van der Waals surface area contributed by atoms with Crippen LogP contribution in [0.2, 0.25) is 10.0 Å². The summed E-state index contributed by atoms with van der Waals surface area (Å²) >= 11 is 12.4. The van der Waals surface area contributed by atoms with E-state index in [0.717, 1.165) is 0 Å². The van der Waals surface area contributed by atoms with Crippen LogP contribution in [0.25, 0.3) is 5.76 Å². The lowest BCUT2D eigenvalue weighted by Gasteiger charge is -2.26. The molecular formula is C21H19Cl2NO5. The maximum atomic E-state index is 12.8. The molecular weight excluding hydrogens is 417 g/mol. The van der Waals surface area contributed by atoms with Crippen LogP contribution in [0.4, 0.5) is 0 Å². The van der Waals surface area contributed by atoms with E-state index < -0.39 is 17.7 Å². The Morgan fingerprint density at radius 1 is 1.07 bits per heavy atom. The molecule has 29 heavy (non-hydrogen) atoms. The van der Waals surface area contributed by atoms with Gasteiger partial charge >= 0.3 is 0 Å². The molecule has 0 saturated carbocycles. The van der Waals surface area contributed by atoms with Crippen LogP contribution < -0.4 is 0 Å². The maximum Gasteiger partial charge on any atom is 0.295 e. The molecule has 1 amide bonds. The monoisotopic (exact) mass is 435 g/mol. The lowest BCUT2D eigenvalue weighted by Crippen LogP contribution is -2.33. The van der Waals surface area contributed by atoms with Gasteiger partial charge in [0.05, 0.1) is 31.4 Å². The number of amides is 1. The summed E-state index contributed by atoms with van der Waals surface area (Å²) < 4.78 is 5.25. The average molecular weight is 436 g/mol. The van der Waals surface area contributed by atoms with Gasteiger partial charge in [-0.2, -0.15) is 0 Å². The number of nitrogens with zero attached hydrogens (tertiary/aromatic N) is 1. The van der Waals surface area contributed by atoms with Gasteiger partial charge in [-0.1, -0.05) is 59.6 Å². The van der Waals surface area contributed by atoms with E-state index in [1.165, 1.54) is 11.0 Å². The summed E-state index contributed by atoms with van der Waals surface area (Å²) in [5.41, 5.74) is 0.833. The van der Waals surface area contributed by atoms with Crippen LogP contribution in [0.15, 0.2) is 54.1 Å². The van der Waals surface area contributed by atoms with Crippen molar-refractivity contribution < 1.29 is 24.5 Å². The standard InChI is InChI=1S/C21H19Cl2NO5/c22-14-6-7-15(16(23)12-14)18-17(19(26)13-4-2-1-3-5-13)20(27)21(28)24(18)8-10-29-11-9-25/h1-7,12,18,25-26H,8-11H2. The van der Waals surface area contributed by atoms with Crippen LogP contribution in [0, 0.1) is 0 Å². The second-order valence-corrected chi connectivity index (χ2v) is 7.20. The Kier molecular flexibility index (Phi) is 6.92. The molecule has 2 N–H and O–H groups in total. The Morgan fingerprint density at radius 2 is 1.79 bits per heavy atom. The molecule has 0 aliphatic carbocycles. The molecule has 152 valence electrons. The minimum absolute atomic E-state index is 0.0485. The topological polar surface area (TPSA) is 87.1 Å². The molecule has 3 rings (SSSR count). The van der Waals surface area contributed by atoms with Crippen molar-refractivity contribution in [3.05, 3.63) is 75.3 Å². The van der Waals surface area contributed by atoms with E-state index in [4.69, 9.17) is 33.0 Å². The molecule has 1 atom stereocenters. The van der Waals surface area contributed by atoms with Crippen molar-refractivity contribution in [3.8, 4) is 0 Å². The third-order valence-corrected chi connectivity index (χ3v) is 5.12. The third kappa shape index (κ3) is 4.46. The molecule has 0 radical (unpaired) electrons. The SMILES string of the molecule is O=C1C(=O)N(CCOCCO)C(c2ccc(Cl)cc2Cl)C1=C(O)c1ccccc1. The number of hydrogen-bond donors (Lipinski definition) is 2. The molecule has 2 aromatic rings. The van der Waals surface area contributed by atoms with Gasteiger partial charge in [-0.05, 0) is 17.7 Å². The first-order valence-electron chi connectivity index (χ1n) is 8.93. The Balaban J connectivity index is 2.10. The van der Waals surface area contributed by atoms with Crippen molar-refractivity contribution in [1.29, 1.82) is 0 Å². The minimum Gasteiger partial charge on any atom is -0.507 e. The first-order valence-corrected chi connectivity index (χ1v) is 9.68. The fourth-order valence-electron chi connectivity index (χ4n) is 3.24. The highest BCUT2D eigenvalue weighted by atomic mass is 35.5. The molecule has 1 aliphatic rings. The molecule has 0 aromatic heterocycles. The predicted molar refractivity (Wildman–Crippen MR) is 110 cm³/mol. The number of carbonyl (C=O) groups excluding carboxylic acids is 2. The van der Waals surface area contributed by atoms with E-state index in [1.807, 2.05) is 0 Å². The molecule has 1 heterocycles. The third-order valence-electron chi connectivity index (χ3n) is 4.56. The number of Topliss-reactive ketones (excluding diaryl/α,β-unsaturated/α-hetero) is 1. The summed E-state index contributed by atoms with van der Waals surface area (Å²) in [4.78, 5) is 26.9. The highest BCUT2D eigenvalue weighted by Crippen LogP contribution is 2.42. The molecule has 1 saturated heterocycles. The zero-order valence-electron chi connectivity index (χ0n) is 15.3. The van der Waals surface area contributed by atoms with E-state index in [1.54, 1.807) is 42.5 Å². The van der Waals surface area contributed by atoms with Gasteiger partial charge in [0.1, 0.15) is 5.76 Å². The second-order valence-electron chi connectivity index (χ2n) is 6.36. The normalized spacial score (nSPS) is 18.4. The fourth-order valence-corrected chi connectivity index (χ4v) is 3.75. The van der Waals surface area contributed by atoms with Gasteiger partial charge < -0.3 is 19.8 Å². The molecule has 1 fully saturated rings. The number of likely N-dealkylation sites (tertiary alicyclic amines) is 1. The van der Waals surface area contributed by atoms with Crippen LogP contribution in [0.3, 0.4) is 0 Å². The van der Waals surface area contributed by atoms with Crippen LogP contribution in [0.1, 0.15) is 17.2 Å². The number of benzene rings is 2. The van der Waals surface area contributed by atoms with Crippen molar-refractivity contribution >= 4 is 40.7 Å².